The van der Waals surface area contributed by atoms with Crippen LogP contribution in [0.25, 0.3) is 0 Å². The summed E-state index contributed by atoms with van der Waals surface area (Å²) in [4.78, 5) is 0. The van der Waals surface area contributed by atoms with Crippen LogP contribution in [0.3, 0.4) is 0 Å². The zero-order valence-electron chi connectivity index (χ0n) is 9.72. The number of ether oxygens (including phenoxy) is 1. The first-order valence-electron chi connectivity index (χ1n) is 5.69. The molecule has 0 heterocycles. The van der Waals surface area contributed by atoms with Crippen molar-refractivity contribution < 1.29 is 14.9 Å². The predicted molar refractivity (Wildman–Crippen MR) is 63.2 cm³/mol. The summed E-state index contributed by atoms with van der Waals surface area (Å²) in [5.74, 6) is 0. The van der Waals surface area contributed by atoms with Crippen molar-refractivity contribution in [2.45, 2.75) is 25.4 Å². The molecular formula is C13H20O3. The van der Waals surface area contributed by atoms with Crippen LogP contribution in [0.15, 0.2) is 30.3 Å². The van der Waals surface area contributed by atoms with Crippen molar-refractivity contribution in [3.8, 4) is 0 Å². The molecule has 0 bridgehead atoms. The maximum Gasteiger partial charge on any atom is 0.136 e. The highest BCUT2D eigenvalue weighted by atomic mass is 16.5. The minimum Gasteiger partial charge on any atom is -0.393 e. The highest BCUT2D eigenvalue weighted by Crippen LogP contribution is 2.20. The Morgan fingerprint density at radius 2 is 1.94 bits per heavy atom. The van der Waals surface area contributed by atoms with Crippen molar-refractivity contribution in [2.24, 2.45) is 0 Å². The first-order chi connectivity index (χ1) is 7.73. The third-order valence-electron chi connectivity index (χ3n) is 2.56. The van der Waals surface area contributed by atoms with E-state index in [1.165, 1.54) is 0 Å². The van der Waals surface area contributed by atoms with Gasteiger partial charge >= 0.3 is 0 Å². The van der Waals surface area contributed by atoms with Gasteiger partial charge in [-0.2, -0.15) is 0 Å². The monoisotopic (exact) mass is 224 g/mol. The Kier molecular flexibility index (Phi) is 5.46. The number of hydrogen-bond acceptors (Lipinski definition) is 3. The van der Waals surface area contributed by atoms with E-state index in [-0.39, 0.29) is 13.2 Å². The molecule has 1 aromatic carbocycles. The van der Waals surface area contributed by atoms with Gasteiger partial charge in [0.05, 0.1) is 13.2 Å². The predicted octanol–water partition coefficient (Wildman–Crippen LogP) is 1.68. The molecule has 1 unspecified atom stereocenters. The molecule has 16 heavy (non-hydrogen) atoms. The first-order valence-corrected chi connectivity index (χ1v) is 5.69. The largest absolute Gasteiger partial charge is 0.393 e. The summed E-state index contributed by atoms with van der Waals surface area (Å²) in [7, 11) is 0. The quantitative estimate of drug-likeness (QED) is 0.693. The molecule has 3 nitrogen and oxygen atoms in total. The Hall–Kier alpha value is -0.900. The maximum absolute atomic E-state index is 10.2. The van der Waals surface area contributed by atoms with E-state index in [1.807, 2.05) is 18.2 Å². The van der Waals surface area contributed by atoms with Crippen LogP contribution in [0.4, 0.5) is 0 Å². The Morgan fingerprint density at radius 1 is 1.25 bits per heavy atom. The minimum atomic E-state index is -1.28. The lowest BCUT2D eigenvalue weighted by Gasteiger charge is -2.26. The SMILES string of the molecule is CCCCOCC(O)(CO)c1ccccc1. The van der Waals surface area contributed by atoms with E-state index in [0.717, 1.165) is 12.8 Å². The second kappa shape index (κ2) is 6.63. The first kappa shape index (κ1) is 13.2. The van der Waals surface area contributed by atoms with E-state index >= 15 is 0 Å². The van der Waals surface area contributed by atoms with Gasteiger partial charge in [-0.3, -0.25) is 0 Å². The van der Waals surface area contributed by atoms with Crippen molar-refractivity contribution in [2.75, 3.05) is 19.8 Å². The molecule has 0 saturated carbocycles. The average molecular weight is 224 g/mol. The highest BCUT2D eigenvalue weighted by Gasteiger charge is 2.28. The Bertz CT molecular complexity index is 286. The molecule has 90 valence electrons. The summed E-state index contributed by atoms with van der Waals surface area (Å²) in [5, 5.41) is 19.5. The van der Waals surface area contributed by atoms with Gasteiger partial charge in [0.25, 0.3) is 0 Å². The number of aliphatic hydroxyl groups excluding tert-OH is 1. The van der Waals surface area contributed by atoms with E-state index in [2.05, 4.69) is 6.92 Å². The van der Waals surface area contributed by atoms with Gasteiger partial charge in [-0.25, -0.2) is 0 Å². The van der Waals surface area contributed by atoms with E-state index in [4.69, 9.17) is 4.74 Å². The molecule has 0 spiro atoms. The van der Waals surface area contributed by atoms with E-state index in [0.29, 0.717) is 12.2 Å². The van der Waals surface area contributed by atoms with E-state index in [9.17, 15) is 10.2 Å². The number of rotatable bonds is 7. The standard InChI is InChI=1S/C13H20O3/c1-2-3-9-16-11-13(15,10-14)12-7-5-4-6-8-12/h4-8,14-15H,2-3,9-11H2,1H3. The third kappa shape index (κ3) is 3.59. The fourth-order valence-corrected chi connectivity index (χ4v) is 1.46. The summed E-state index contributed by atoms with van der Waals surface area (Å²) >= 11 is 0. The van der Waals surface area contributed by atoms with Crippen molar-refractivity contribution in [3.05, 3.63) is 35.9 Å². The number of hydrogen-bond donors (Lipinski definition) is 2. The normalized spacial score (nSPS) is 14.7. The lowest BCUT2D eigenvalue weighted by molar-refractivity contribution is -0.0832. The van der Waals surface area contributed by atoms with Crippen LogP contribution in [0.1, 0.15) is 25.3 Å². The second-order valence-electron chi connectivity index (χ2n) is 3.96. The fourth-order valence-electron chi connectivity index (χ4n) is 1.46. The molecule has 0 aliphatic heterocycles. The fraction of sp³-hybridized carbons (Fsp3) is 0.538. The molecule has 0 amide bonds. The van der Waals surface area contributed by atoms with Crippen LogP contribution in [-0.2, 0) is 10.3 Å². The van der Waals surface area contributed by atoms with Crippen LogP contribution >= 0.6 is 0 Å². The van der Waals surface area contributed by atoms with Gasteiger partial charge in [0.2, 0.25) is 0 Å². The summed E-state index contributed by atoms with van der Waals surface area (Å²) in [6.45, 7) is 2.50. The molecule has 1 atom stereocenters. The van der Waals surface area contributed by atoms with Crippen LogP contribution in [0.5, 0.6) is 0 Å². The zero-order chi connectivity index (χ0) is 11.9. The van der Waals surface area contributed by atoms with Gasteiger partial charge in [0.15, 0.2) is 0 Å². The molecule has 0 fully saturated rings. The molecule has 0 aliphatic carbocycles. The summed E-state index contributed by atoms with van der Waals surface area (Å²) in [5.41, 5.74) is -0.594. The Labute approximate surface area is 96.7 Å². The molecule has 0 saturated heterocycles. The van der Waals surface area contributed by atoms with Crippen LogP contribution in [0.2, 0.25) is 0 Å². The Balaban J connectivity index is 2.56. The molecule has 0 aliphatic rings. The summed E-state index contributed by atoms with van der Waals surface area (Å²) in [6.07, 6.45) is 2.03. The van der Waals surface area contributed by atoms with Gasteiger partial charge in [-0.05, 0) is 12.0 Å². The highest BCUT2D eigenvalue weighted by molar-refractivity contribution is 5.22. The summed E-state index contributed by atoms with van der Waals surface area (Å²) in [6, 6.07) is 9.13. The van der Waals surface area contributed by atoms with Crippen molar-refractivity contribution in [1.82, 2.24) is 0 Å². The van der Waals surface area contributed by atoms with Gasteiger partial charge in [0, 0.05) is 6.61 Å². The van der Waals surface area contributed by atoms with Crippen molar-refractivity contribution >= 4 is 0 Å². The molecule has 0 radical (unpaired) electrons. The lowest BCUT2D eigenvalue weighted by Crippen LogP contribution is -2.35. The van der Waals surface area contributed by atoms with Gasteiger partial charge in [-0.15, -0.1) is 0 Å². The maximum atomic E-state index is 10.2. The third-order valence-corrected chi connectivity index (χ3v) is 2.56. The lowest BCUT2D eigenvalue weighted by atomic mass is 9.96. The molecule has 0 aromatic heterocycles. The topological polar surface area (TPSA) is 49.7 Å². The second-order valence-corrected chi connectivity index (χ2v) is 3.96. The number of unbranched alkanes of at least 4 members (excludes halogenated alkanes) is 1. The smallest absolute Gasteiger partial charge is 0.136 e. The van der Waals surface area contributed by atoms with Crippen LogP contribution in [0, 0.1) is 0 Å². The van der Waals surface area contributed by atoms with Crippen LogP contribution < -0.4 is 0 Å². The van der Waals surface area contributed by atoms with Crippen molar-refractivity contribution in [3.63, 3.8) is 0 Å². The van der Waals surface area contributed by atoms with Gasteiger partial charge in [0.1, 0.15) is 5.60 Å². The summed E-state index contributed by atoms with van der Waals surface area (Å²) < 4.78 is 5.37. The van der Waals surface area contributed by atoms with Gasteiger partial charge < -0.3 is 14.9 Å². The van der Waals surface area contributed by atoms with Crippen LogP contribution in [-0.4, -0.2) is 30.0 Å². The molecule has 1 aromatic rings. The molecule has 3 heteroatoms. The number of aliphatic hydroxyl groups is 2. The molecule has 1 rings (SSSR count). The van der Waals surface area contributed by atoms with Gasteiger partial charge in [-0.1, -0.05) is 43.7 Å². The number of benzene rings is 1. The molecule has 2 N–H and O–H groups in total. The zero-order valence-corrected chi connectivity index (χ0v) is 9.72. The van der Waals surface area contributed by atoms with Crippen molar-refractivity contribution in [1.29, 1.82) is 0 Å². The molecular weight excluding hydrogens is 204 g/mol. The van der Waals surface area contributed by atoms with E-state index < -0.39 is 5.60 Å². The van der Waals surface area contributed by atoms with E-state index in [1.54, 1.807) is 12.1 Å². The average Bonchev–Trinajstić information content (AvgIpc) is 2.35. The Morgan fingerprint density at radius 3 is 2.50 bits per heavy atom. The minimum absolute atomic E-state index is 0.132.